The molecule has 0 radical (unpaired) electrons. The van der Waals surface area contributed by atoms with Crippen LogP contribution < -0.4 is 0 Å². The van der Waals surface area contributed by atoms with Crippen LogP contribution in [0.2, 0.25) is 0 Å². The lowest BCUT2D eigenvalue weighted by Crippen LogP contribution is -2.90. The fourth-order valence-corrected chi connectivity index (χ4v) is 3.92. The Kier molecular flexibility index (Phi) is 7.82. The summed E-state index contributed by atoms with van der Waals surface area (Å²) >= 11 is 0. The van der Waals surface area contributed by atoms with E-state index in [4.69, 9.17) is 0 Å². The highest BCUT2D eigenvalue weighted by atomic mass is 19.4. The highest BCUT2D eigenvalue weighted by molar-refractivity contribution is 5.33. The molecule has 280 valence electrons. The Labute approximate surface area is 232 Å². The van der Waals surface area contributed by atoms with E-state index in [1.807, 2.05) is 0 Å². The predicted octanol–water partition coefficient (Wildman–Crippen LogP) is 9.26. The van der Waals surface area contributed by atoms with Crippen LogP contribution in [0.15, 0.2) is 0 Å². The Morgan fingerprint density at radius 1 is 0.234 bits per heavy atom. The third kappa shape index (κ3) is 3.52. The summed E-state index contributed by atoms with van der Waals surface area (Å²) in [5, 5.41) is 0. The Balaban J connectivity index is 2.94. The van der Waals surface area contributed by atoms with Crippen molar-refractivity contribution in [2.24, 2.45) is 0 Å². The Bertz CT molecular complexity index is 1110. The smallest absolute Gasteiger partial charge is 0.245 e. The van der Waals surface area contributed by atoms with Gasteiger partial charge in [-0.25, -0.2) is 13.5 Å². The van der Waals surface area contributed by atoms with E-state index in [1.54, 1.807) is 0 Å². The molecule has 2 rings (SSSR count). The van der Waals surface area contributed by atoms with Gasteiger partial charge in [-0.15, -0.1) is 0 Å². The van der Waals surface area contributed by atoms with E-state index < -0.39 is 94.6 Å². The van der Waals surface area contributed by atoms with Crippen molar-refractivity contribution in [3.05, 3.63) is 0 Å². The first-order chi connectivity index (χ1) is 19.7. The van der Waals surface area contributed by atoms with Gasteiger partial charge in [0.05, 0.1) is 0 Å². The van der Waals surface area contributed by atoms with Gasteiger partial charge in [0.1, 0.15) is 0 Å². The number of alkyl halides is 30. The summed E-state index contributed by atoms with van der Waals surface area (Å²) < 4.78 is 410. The molecular formula is C16F30O. The molecule has 0 amide bonds. The maximum atomic E-state index is 14.4. The van der Waals surface area contributed by atoms with E-state index in [2.05, 4.69) is 0 Å². The van der Waals surface area contributed by atoms with Gasteiger partial charge in [0.2, 0.25) is 0 Å². The standard InChI is InChI=1S/C16F30O/c17-1(3(19,20)9(31,32)13(39,40)10(33,34)4(1,21)22)7(27,28)15(43,44)47-16(45,46)8(29,30)2(18)5(23,24)11(35,36)14(41,42)12(37,38)6(2,25)26. The van der Waals surface area contributed by atoms with E-state index in [9.17, 15) is 132 Å². The van der Waals surface area contributed by atoms with E-state index in [0.717, 1.165) is 0 Å². The van der Waals surface area contributed by atoms with E-state index in [-0.39, 0.29) is 0 Å². The minimum atomic E-state index is -9.71. The number of halogens is 30. The van der Waals surface area contributed by atoms with Gasteiger partial charge in [-0.2, -0.15) is 123 Å². The normalized spacial score (nSPS) is 30.8. The van der Waals surface area contributed by atoms with Crippen LogP contribution >= 0.6 is 0 Å². The van der Waals surface area contributed by atoms with Crippen molar-refractivity contribution < 1.29 is 136 Å². The second kappa shape index (κ2) is 8.95. The van der Waals surface area contributed by atoms with Gasteiger partial charge in [-0.3, -0.25) is 0 Å². The third-order valence-electron chi connectivity index (χ3n) is 6.74. The van der Waals surface area contributed by atoms with Crippen molar-refractivity contribution in [3.8, 4) is 0 Å². The maximum absolute atomic E-state index is 14.4. The molecule has 1 nitrogen and oxygen atoms in total. The number of hydrogen-bond acceptors (Lipinski definition) is 1. The van der Waals surface area contributed by atoms with E-state index >= 15 is 0 Å². The molecule has 2 saturated carbocycles. The summed E-state index contributed by atoms with van der Waals surface area (Å²) in [4.78, 5) is 0. The molecular weight excluding hydrogens is 778 g/mol. The van der Waals surface area contributed by atoms with Crippen LogP contribution in [0.3, 0.4) is 0 Å². The molecule has 0 spiro atoms. The highest BCUT2D eigenvalue weighted by Crippen LogP contribution is 2.76. The van der Waals surface area contributed by atoms with Gasteiger partial charge in [-0.1, -0.05) is 0 Å². The van der Waals surface area contributed by atoms with Crippen LogP contribution in [0, 0.1) is 0 Å². The molecule has 2 aliphatic carbocycles. The average Bonchev–Trinajstić information content (AvgIpc) is 2.83. The second-order valence-corrected chi connectivity index (χ2v) is 9.35. The first-order valence-electron chi connectivity index (χ1n) is 10.1. The van der Waals surface area contributed by atoms with Crippen LogP contribution in [0.25, 0.3) is 0 Å². The molecule has 0 bridgehead atoms. The topological polar surface area (TPSA) is 9.23 Å². The van der Waals surface area contributed by atoms with Crippen molar-refractivity contribution in [2.45, 2.75) is 94.6 Å². The molecule has 0 aromatic rings. The Morgan fingerprint density at radius 3 is 0.511 bits per heavy atom. The van der Waals surface area contributed by atoms with Crippen LogP contribution in [0.5, 0.6) is 0 Å². The van der Waals surface area contributed by atoms with Crippen LogP contribution in [-0.4, -0.2) is 94.6 Å². The summed E-state index contributed by atoms with van der Waals surface area (Å²) in [6.45, 7) is 0. The van der Waals surface area contributed by atoms with Gasteiger partial charge in [-0.05, 0) is 0 Å². The first kappa shape index (κ1) is 41.0. The van der Waals surface area contributed by atoms with Crippen molar-refractivity contribution in [2.75, 3.05) is 0 Å². The van der Waals surface area contributed by atoms with Crippen molar-refractivity contribution >= 4 is 0 Å². The van der Waals surface area contributed by atoms with Crippen LogP contribution in [0.4, 0.5) is 132 Å². The largest absolute Gasteiger partial charge is 0.427 e. The maximum Gasteiger partial charge on any atom is 0.427 e. The lowest BCUT2D eigenvalue weighted by atomic mass is 9.68. The zero-order valence-electron chi connectivity index (χ0n) is 19.7. The number of hydrogen-bond donors (Lipinski definition) is 0. The van der Waals surface area contributed by atoms with Gasteiger partial charge < -0.3 is 0 Å². The summed E-state index contributed by atoms with van der Waals surface area (Å²) in [5.41, 5.74) is -19.2. The minimum absolute atomic E-state index is 0.607. The van der Waals surface area contributed by atoms with Crippen LogP contribution in [0.1, 0.15) is 0 Å². The second-order valence-electron chi connectivity index (χ2n) is 9.35. The van der Waals surface area contributed by atoms with E-state index in [0.29, 0.717) is 4.74 Å². The van der Waals surface area contributed by atoms with Crippen molar-refractivity contribution in [1.29, 1.82) is 0 Å². The lowest BCUT2D eigenvalue weighted by molar-refractivity contribution is -0.559. The lowest BCUT2D eigenvalue weighted by Gasteiger charge is -2.55. The fourth-order valence-electron chi connectivity index (χ4n) is 3.92. The molecule has 31 heteroatoms. The fraction of sp³-hybridized carbons (Fsp3) is 1.00. The molecule has 0 N–H and O–H groups in total. The summed E-state index contributed by atoms with van der Waals surface area (Å²) in [7, 11) is 0. The number of ether oxygens (including phenoxy) is 1. The minimum Gasteiger partial charge on any atom is -0.245 e. The molecule has 0 heterocycles. The molecule has 0 atom stereocenters. The van der Waals surface area contributed by atoms with Gasteiger partial charge >= 0.3 is 94.6 Å². The SMILES string of the molecule is FC(F)(OC(F)(F)C(F)(F)C1(F)C(F)(F)C(F)(F)C(F)(F)C(F)(F)C1(F)F)C(F)(F)C1(F)C(F)(F)C(F)(F)C(F)(F)C(F)(F)C1(F)F. The zero-order valence-corrected chi connectivity index (χ0v) is 19.7. The molecule has 0 aromatic heterocycles. The quantitative estimate of drug-likeness (QED) is 0.245. The van der Waals surface area contributed by atoms with Gasteiger partial charge in [0, 0.05) is 0 Å². The Morgan fingerprint density at radius 2 is 0.362 bits per heavy atom. The van der Waals surface area contributed by atoms with E-state index in [1.165, 1.54) is 0 Å². The molecule has 0 aliphatic heterocycles. The van der Waals surface area contributed by atoms with Crippen molar-refractivity contribution in [1.82, 2.24) is 0 Å². The highest BCUT2D eigenvalue weighted by Gasteiger charge is 3.09. The number of rotatable bonds is 6. The van der Waals surface area contributed by atoms with Crippen molar-refractivity contribution in [3.63, 3.8) is 0 Å². The van der Waals surface area contributed by atoms with Gasteiger partial charge in [0.25, 0.3) is 0 Å². The zero-order chi connectivity index (χ0) is 38.7. The molecule has 0 unspecified atom stereocenters. The molecule has 0 aromatic carbocycles. The summed E-state index contributed by atoms with van der Waals surface area (Å²) in [6.07, 6.45) is -18.9. The molecule has 0 saturated heterocycles. The van der Waals surface area contributed by atoms with Crippen LogP contribution in [-0.2, 0) is 4.74 Å². The summed E-state index contributed by atoms with van der Waals surface area (Å²) in [5.74, 6) is -109. The summed E-state index contributed by atoms with van der Waals surface area (Å²) in [6, 6.07) is 0. The third-order valence-corrected chi connectivity index (χ3v) is 6.74. The molecule has 2 fully saturated rings. The molecule has 2 aliphatic rings. The monoisotopic (exact) mass is 778 g/mol. The predicted molar refractivity (Wildman–Crippen MR) is 78.0 cm³/mol. The Hall–Kier alpha value is -2.14. The molecule has 47 heavy (non-hydrogen) atoms. The van der Waals surface area contributed by atoms with Gasteiger partial charge in [0.15, 0.2) is 0 Å². The average molecular weight is 778 g/mol. The first-order valence-corrected chi connectivity index (χ1v) is 10.1.